The Labute approximate surface area is 198 Å². The monoisotopic (exact) mass is 454 g/mol. The zero-order chi connectivity index (χ0) is 24.1. The molecule has 3 aromatic carbocycles. The van der Waals surface area contributed by atoms with Gasteiger partial charge >= 0.3 is 5.97 Å². The fourth-order valence-corrected chi connectivity index (χ4v) is 3.62. The van der Waals surface area contributed by atoms with E-state index in [2.05, 4.69) is 5.10 Å². The number of ether oxygens (including phenoxy) is 1. The van der Waals surface area contributed by atoms with E-state index in [1.165, 1.54) is 6.92 Å². The number of carbonyl (C=O) groups excluding carboxylic acids is 1. The first kappa shape index (κ1) is 23.1. The molecule has 0 unspecified atom stereocenters. The van der Waals surface area contributed by atoms with Crippen molar-refractivity contribution in [3.8, 4) is 0 Å². The molecule has 0 radical (unpaired) electrons. The van der Waals surface area contributed by atoms with Crippen LogP contribution in [0.1, 0.15) is 39.7 Å². The van der Waals surface area contributed by atoms with E-state index in [9.17, 15) is 9.59 Å². The molecule has 1 heterocycles. The van der Waals surface area contributed by atoms with Crippen molar-refractivity contribution < 1.29 is 19.4 Å². The maximum atomic E-state index is 13.2. The van der Waals surface area contributed by atoms with Gasteiger partial charge in [-0.15, -0.1) is 0 Å². The highest BCUT2D eigenvalue weighted by Crippen LogP contribution is 2.22. The molecule has 0 aliphatic rings. The zero-order valence-electron chi connectivity index (χ0n) is 19.1. The third-order valence-corrected chi connectivity index (χ3v) is 5.60. The molecule has 6 nitrogen and oxygen atoms in total. The van der Waals surface area contributed by atoms with Crippen LogP contribution in [0.25, 0.3) is 17.0 Å². The summed E-state index contributed by atoms with van der Waals surface area (Å²) in [5.74, 6) is -1.07. The summed E-state index contributed by atoms with van der Waals surface area (Å²) in [5, 5.41) is 14.4. The van der Waals surface area contributed by atoms with E-state index in [0.29, 0.717) is 17.8 Å². The molecular weight excluding hydrogens is 428 g/mol. The molecule has 0 fully saturated rings. The molecule has 4 aromatic rings. The molecule has 0 amide bonds. The number of aromatic nitrogens is 2. The van der Waals surface area contributed by atoms with Crippen molar-refractivity contribution in [3.05, 3.63) is 107 Å². The summed E-state index contributed by atoms with van der Waals surface area (Å²) < 4.78 is 7.07. The smallest absolute Gasteiger partial charge is 0.332 e. The van der Waals surface area contributed by atoms with Crippen molar-refractivity contribution in [2.45, 2.75) is 26.5 Å². The molecule has 1 atom stereocenters. The first-order valence-corrected chi connectivity index (χ1v) is 11.1. The lowest BCUT2D eigenvalue weighted by Crippen LogP contribution is -2.19. The highest BCUT2D eigenvalue weighted by atomic mass is 16.5. The van der Waals surface area contributed by atoms with E-state index in [-0.39, 0.29) is 12.4 Å². The Morgan fingerprint density at radius 3 is 2.44 bits per heavy atom. The molecule has 0 saturated carbocycles. The van der Waals surface area contributed by atoms with Crippen molar-refractivity contribution in [3.63, 3.8) is 0 Å². The molecule has 4 rings (SSSR count). The van der Waals surface area contributed by atoms with E-state index < -0.39 is 12.1 Å². The van der Waals surface area contributed by atoms with Gasteiger partial charge in [0.1, 0.15) is 5.69 Å². The maximum absolute atomic E-state index is 13.2. The van der Waals surface area contributed by atoms with Crippen LogP contribution in [-0.4, -0.2) is 39.4 Å². The Hall–Kier alpha value is -4.03. The zero-order valence-corrected chi connectivity index (χ0v) is 19.1. The minimum absolute atomic E-state index is 0.0881. The number of rotatable bonds is 9. The summed E-state index contributed by atoms with van der Waals surface area (Å²) in [5.41, 5.74) is 5.12. The van der Waals surface area contributed by atoms with Gasteiger partial charge in [-0.2, -0.15) is 5.10 Å². The molecule has 0 spiro atoms. The van der Waals surface area contributed by atoms with Gasteiger partial charge in [-0.1, -0.05) is 84.4 Å². The van der Waals surface area contributed by atoms with Gasteiger partial charge in [0.2, 0.25) is 5.78 Å². The predicted octanol–water partition coefficient (Wildman–Crippen LogP) is 5.13. The number of aryl methyl sites for hydroxylation is 1. The van der Waals surface area contributed by atoms with Gasteiger partial charge in [0, 0.05) is 10.9 Å². The van der Waals surface area contributed by atoms with E-state index in [4.69, 9.17) is 9.84 Å². The predicted molar refractivity (Wildman–Crippen MR) is 132 cm³/mol. The Morgan fingerprint density at radius 1 is 1.03 bits per heavy atom. The number of benzene rings is 3. The van der Waals surface area contributed by atoms with Crippen LogP contribution in [0.5, 0.6) is 0 Å². The van der Waals surface area contributed by atoms with Crippen molar-refractivity contribution >= 4 is 28.7 Å². The summed E-state index contributed by atoms with van der Waals surface area (Å²) in [4.78, 5) is 23.9. The second-order valence-electron chi connectivity index (χ2n) is 8.18. The van der Waals surface area contributed by atoms with Gasteiger partial charge in [-0.05, 0) is 31.0 Å². The standard InChI is InChI=1S/C28H26N2O4/c1-19-9-15-23(16-10-19)27(31)26-24-7-3-4-8-25(24)30(29-26)18-22-13-11-21(12-14-22)6-5-17-34-20(2)28(32)33/h3-16,20H,17-18H2,1-2H3,(H,32,33)/b6-5+/t20-/m1/s1. The summed E-state index contributed by atoms with van der Waals surface area (Å²) in [6.07, 6.45) is 2.84. The van der Waals surface area contributed by atoms with Gasteiger partial charge < -0.3 is 9.84 Å². The van der Waals surface area contributed by atoms with Gasteiger partial charge in [-0.3, -0.25) is 9.48 Å². The third kappa shape index (κ3) is 5.30. The summed E-state index contributed by atoms with van der Waals surface area (Å²) >= 11 is 0. The average Bonchev–Trinajstić information content (AvgIpc) is 3.21. The number of carboxylic acids is 1. The molecule has 0 aliphatic heterocycles. The number of hydrogen-bond donors (Lipinski definition) is 1. The van der Waals surface area contributed by atoms with E-state index in [1.807, 2.05) is 90.5 Å². The largest absolute Gasteiger partial charge is 0.479 e. The Balaban J connectivity index is 1.51. The van der Waals surface area contributed by atoms with Crippen LogP contribution in [0.2, 0.25) is 0 Å². The fraction of sp³-hybridized carbons (Fsp3) is 0.179. The number of hydrogen-bond acceptors (Lipinski definition) is 4. The van der Waals surface area contributed by atoms with Crippen LogP contribution >= 0.6 is 0 Å². The third-order valence-electron chi connectivity index (χ3n) is 5.60. The van der Waals surface area contributed by atoms with Crippen LogP contribution in [-0.2, 0) is 16.1 Å². The van der Waals surface area contributed by atoms with E-state index >= 15 is 0 Å². The molecule has 0 saturated heterocycles. The lowest BCUT2D eigenvalue weighted by molar-refractivity contribution is -0.148. The first-order valence-electron chi connectivity index (χ1n) is 11.1. The molecule has 0 aliphatic carbocycles. The fourth-order valence-electron chi connectivity index (χ4n) is 3.62. The van der Waals surface area contributed by atoms with Crippen molar-refractivity contribution in [2.24, 2.45) is 0 Å². The van der Waals surface area contributed by atoms with Crippen LogP contribution in [0.15, 0.2) is 78.9 Å². The molecule has 1 aromatic heterocycles. The molecule has 1 N–H and O–H groups in total. The number of ketones is 1. The van der Waals surface area contributed by atoms with Crippen LogP contribution in [0.4, 0.5) is 0 Å². The number of aliphatic carboxylic acids is 1. The second-order valence-corrected chi connectivity index (χ2v) is 8.18. The first-order chi connectivity index (χ1) is 16.4. The van der Waals surface area contributed by atoms with Gasteiger partial charge in [0.15, 0.2) is 6.10 Å². The lowest BCUT2D eigenvalue weighted by atomic mass is 10.0. The van der Waals surface area contributed by atoms with Crippen LogP contribution in [0.3, 0.4) is 0 Å². The Morgan fingerprint density at radius 2 is 1.74 bits per heavy atom. The van der Waals surface area contributed by atoms with Crippen molar-refractivity contribution in [2.75, 3.05) is 6.61 Å². The number of fused-ring (bicyclic) bond motifs is 1. The SMILES string of the molecule is Cc1ccc(C(=O)c2nn(Cc3ccc(/C=C/CO[C@H](C)C(=O)O)cc3)c3ccccc23)cc1. The number of carboxylic acid groups (broad SMARTS) is 1. The van der Waals surface area contributed by atoms with E-state index in [1.54, 1.807) is 6.08 Å². The Kier molecular flexibility index (Phi) is 6.99. The maximum Gasteiger partial charge on any atom is 0.332 e. The van der Waals surface area contributed by atoms with Crippen molar-refractivity contribution in [1.29, 1.82) is 0 Å². The second kappa shape index (κ2) is 10.3. The highest BCUT2D eigenvalue weighted by Gasteiger charge is 2.18. The highest BCUT2D eigenvalue weighted by molar-refractivity contribution is 6.14. The number of para-hydroxylation sites is 1. The molecule has 0 bridgehead atoms. The topological polar surface area (TPSA) is 81.4 Å². The Bertz CT molecular complexity index is 1340. The number of carbonyl (C=O) groups is 2. The quantitative estimate of drug-likeness (QED) is 0.355. The minimum atomic E-state index is -0.979. The van der Waals surface area contributed by atoms with Crippen molar-refractivity contribution in [1.82, 2.24) is 9.78 Å². The summed E-state index contributed by atoms with van der Waals surface area (Å²) in [6.45, 7) is 4.26. The summed E-state index contributed by atoms with van der Waals surface area (Å²) in [7, 11) is 0. The van der Waals surface area contributed by atoms with Gasteiger partial charge in [0.25, 0.3) is 0 Å². The molecule has 6 heteroatoms. The average molecular weight is 455 g/mol. The molecular formula is C28H26N2O4. The summed E-state index contributed by atoms with van der Waals surface area (Å²) in [6, 6.07) is 23.3. The molecule has 172 valence electrons. The van der Waals surface area contributed by atoms with Gasteiger partial charge in [-0.25, -0.2) is 4.79 Å². The number of nitrogens with zero attached hydrogens (tertiary/aromatic N) is 2. The normalized spacial score (nSPS) is 12.3. The lowest BCUT2D eigenvalue weighted by Gasteiger charge is -2.06. The van der Waals surface area contributed by atoms with E-state index in [0.717, 1.165) is 27.6 Å². The molecule has 34 heavy (non-hydrogen) atoms. The van der Waals surface area contributed by atoms with Gasteiger partial charge in [0.05, 0.1) is 18.7 Å². The minimum Gasteiger partial charge on any atom is -0.479 e. The van der Waals surface area contributed by atoms with Crippen LogP contribution in [0, 0.1) is 6.92 Å². The van der Waals surface area contributed by atoms with Crippen LogP contribution < -0.4 is 0 Å².